The molecule has 0 amide bonds. The van der Waals surface area contributed by atoms with Crippen LogP contribution in [0.1, 0.15) is 0 Å². The number of aromatic nitrogens is 2. The summed E-state index contributed by atoms with van der Waals surface area (Å²) in [5, 5.41) is 5.30. The fraction of sp³-hybridized carbons (Fsp3) is 0.0714. The van der Waals surface area contributed by atoms with Crippen LogP contribution in [0.2, 0.25) is 0 Å². The summed E-state index contributed by atoms with van der Waals surface area (Å²) in [5.41, 5.74) is 2.76. The van der Waals surface area contributed by atoms with E-state index in [1.807, 2.05) is 37.4 Å². The average Bonchev–Trinajstić information content (AvgIpc) is 2.67. The van der Waals surface area contributed by atoms with E-state index in [0.717, 1.165) is 22.2 Å². The molecular weight excluding hydrogens is 215 g/mol. The first-order valence-electron chi connectivity index (χ1n) is 5.43. The van der Waals surface area contributed by atoms with E-state index in [9.17, 15) is 4.39 Å². The number of fused-ring (bicyclic) bond motifs is 1. The fourth-order valence-corrected chi connectivity index (χ4v) is 2.05. The highest BCUT2D eigenvalue weighted by Gasteiger charge is 2.10. The van der Waals surface area contributed by atoms with Crippen molar-refractivity contribution in [1.82, 2.24) is 9.78 Å². The van der Waals surface area contributed by atoms with Gasteiger partial charge >= 0.3 is 0 Å². The van der Waals surface area contributed by atoms with Gasteiger partial charge in [-0.15, -0.1) is 0 Å². The van der Waals surface area contributed by atoms with Crippen LogP contribution in [-0.2, 0) is 7.05 Å². The molecule has 0 aliphatic heterocycles. The summed E-state index contributed by atoms with van der Waals surface area (Å²) >= 11 is 0. The monoisotopic (exact) mass is 226 g/mol. The van der Waals surface area contributed by atoms with Gasteiger partial charge in [0.25, 0.3) is 0 Å². The molecule has 84 valence electrons. The first-order valence-corrected chi connectivity index (χ1v) is 5.43. The second kappa shape index (κ2) is 3.70. The third-order valence-corrected chi connectivity index (χ3v) is 2.86. The maximum Gasteiger partial charge on any atom is 0.124 e. The number of hydrogen-bond donors (Lipinski definition) is 0. The van der Waals surface area contributed by atoms with Gasteiger partial charge in [-0.25, -0.2) is 4.39 Å². The van der Waals surface area contributed by atoms with Gasteiger partial charge in [-0.2, -0.15) is 5.10 Å². The lowest BCUT2D eigenvalue weighted by Crippen LogP contribution is -1.89. The molecule has 0 fully saturated rings. The van der Waals surface area contributed by atoms with Gasteiger partial charge in [-0.05, 0) is 18.2 Å². The molecule has 3 rings (SSSR count). The minimum absolute atomic E-state index is 0.234. The predicted octanol–water partition coefficient (Wildman–Crippen LogP) is 3.38. The predicted molar refractivity (Wildman–Crippen MR) is 66.1 cm³/mol. The Morgan fingerprint density at radius 1 is 1.06 bits per heavy atom. The summed E-state index contributed by atoms with van der Waals surface area (Å²) in [6.45, 7) is 0. The minimum Gasteiger partial charge on any atom is -0.267 e. The Balaban J connectivity index is 2.34. The van der Waals surface area contributed by atoms with Gasteiger partial charge in [0, 0.05) is 18.0 Å². The SMILES string of the molecule is Cn1nc(-c2ccccc2)c2cc(F)ccc21. The molecular formula is C14H11FN2. The molecule has 0 N–H and O–H groups in total. The topological polar surface area (TPSA) is 17.8 Å². The van der Waals surface area contributed by atoms with Gasteiger partial charge in [0.1, 0.15) is 11.5 Å². The van der Waals surface area contributed by atoms with Crippen molar-refractivity contribution >= 4 is 10.9 Å². The zero-order chi connectivity index (χ0) is 11.8. The van der Waals surface area contributed by atoms with E-state index >= 15 is 0 Å². The lowest BCUT2D eigenvalue weighted by Gasteiger charge is -1.96. The van der Waals surface area contributed by atoms with Gasteiger partial charge in [-0.1, -0.05) is 30.3 Å². The summed E-state index contributed by atoms with van der Waals surface area (Å²) in [6.07, 6.45) is 0. The van der Waals surface area contributed by atoms with Crippen molar-refractivity contribution in [3.05, 3.63) is 54.3 Å². The Kier molecular flexibility index (Phi) is 2.18. The van der Waals surface area contributed by atoms with Crippen LogP contribution in [0.25, 0.3) is 22.2 Å². The molecule has 0 bridgehead atoms. The number of nitrogens with zero attached hydrogens (tertiary/aromatic N) is 2. The Morgan fingerprint density at radius 3 is 2.59 bits per heavy atom. The van der Waals surface area contributed by atoms with Crippen molar-refractivity contribution in [1.29, 1.82) is 0 Å². The van der Waals surface area contributed by atoms with Gasteiger partial charge in [0.2, 0.25) is 0 Å². The molecule has 2 nitrogen and oxygen atoms in total. The summed E-state index contributed by atoms with van der Waals surface area (Å²) in [6, 6.07) is 14.6. The Morgan fingerprint density at radius 2 is 1.82 bits per heavy atom. The normalized spacial score (nSPS) is 10.9. The van der Waals surface area contributed by atoms with E-state index < -0.39 is 0 Å². The van der Waals surface area contributed by atoms with Crippen molar-refractivity contribution in [2.45, 2.75) is 0 Å². The van der Waals surface area contributed by atoms with E-state index in [2.05, 4.69) is 5.10 Å². The summed E-state index contributed by atoms with van der Waals surface area (Å²) < 4.78 is 15.1. The first kappa shape index (κ1) is 10.0. The third kappa shape index (κ3) is 1.60. The molecule has 1 heterocycles. The lowest BCUT2D eigenvalue weighted by atomic mass is 10.1. The molecule has 3 heteroatoms. The number of benzene rings is 2. The van der Waals surface area contributed by atoms with E-state index in [-0.39, 0.29) is 5.82 Å². The van der Waals surface area contributed by atoms with E-state index in [0.29, 0.717) is 0 Å². The van der Waals surface area contributed by atoms with Crippen molar-refractivity contribution in [3.63, 3.8) is 0 Å². The van der Waals surface area contributed by atoms with Gasteiger partial charge in [-0.3, -0.25) is 4.68 Å². The van der Waals surface area contributed by atoms with Gasteiger partial charge < -0.3 is 0 Å². The second-order valence-electron chi connectivity index (χ2n) is 4.00. The number of aryl methyl sites for hydroxylation is 1. The van der Waals surface area contributed by atoms with Gasteiger partial charge in [0.15, 0.2) is 0 Å². The van der Waals surface area contributed by atoms with Crippen LogP contribution in [0.3, 0.4) is 0 Å². The first-order chi connectivity index (χ1) is 8.25. The van der Waals surface area contributed by atoms with E-state index in [4.69, 9.17) is 0 Å². The van der Waals surface area contributed by atoms with Crippen LogP contribution >= 0.6 is 0 Å². The second-order valence-corrected chi connectivity index (χ2v) is 4.00. The molecule has 0 saturated heterocycles. The van der Waals surface area contributed by atoms with Crippen molar-refractivity contribution in [2.24, 2.45) is 7.05 Å². The van der Waals surface area contributed by atoms with E-state index in [1.54, 1.807) is 10.7 Å². The van der Waals surface area contributed by atoms with Gasteiger partial charge in [0.05, 0.1) is 5.52 Å². The average molecular weight is 226 g/mol. The summed E-state index contributed by atoms with van der Waals surface area (Å²) in [5.74, 6) is -0.234. The van der Waals surface area contributed by atoms with Crippen LogP contribution in [0, 0.1) is 5.82 Å². The van der Waals surface area contributed by atoms with Crippen LogP contribution in [0.5, 0.6) is 0 Å². The Bertz CT molecular complexity index is 671. The van der Waals surface area contributed by atoms with Crippen molar-refractivity contribution in [3.8, 4) is 11.3 Å². The van der Waals surface area contributed by atoms with Crippen molar-refractivity contribution in [2.75, 3.05) is 0 Å². The summed E-state index contributed by atoms with van der Waals surface area (Å²) in [7, 11) is 1.87. The molecule has 0 atom stereocenters. The fourth-order valence-electron chi connectivity index (χ4n) is 2.05. The number of hydrogen-bond acceptors (Lipinski definition) is 1. The quantitative estimate of drug-likeness (QED) is 0.622. The van der Waals surface area contributed by atoms with E-state index in [1.165, 1.54) is 12.1 Å². The Labute approximate surface area is 98.3 Å². The van der Waals surface area contributed by atoms with Crippen LogP contribution in [0.4, 0.5) is 4.39 Å². The zero-order valence-electron chi connectivity index (χ0n) is 9.39. The minimum atomic E-state index is -0.234. The largest absolute Gasteiger partial charge is 0.267 e. The standard InChI is InChI=1S/C14H11FN2/c1-17-13-8-7-11(15)9-12(13)14(16-17)10-5-3-2-4-6-10/h2-9H,1H3. The van der Waals surface area contributed by atoms with Crippen molar-refractivity contribution < 1.29 is 4.39 Å². The lowest BCUT2D eigenvalue weighted by molar-refractivity contribution is 0.629. The molecule has 1 aromatic heterocycles. The molecule has 0 radical (unpaired) electrons. The molecule has 0 aliphatic carbocycles. The highest BCUT2D eigenvalue weighted by Crippen LogP contribution is 2.27. The molecule has 0 saturated carbocycles. The van der Waals surface area contributed by atoms with Crippen LogP contribution in [0.15, 0.2) is 48.5 Å². The molecule has 2 aromatic carbocycles. The Hall–Kier alpha value is -2.16. The number of rotatable bonds is 1. The summed E-state index contributed by atoms with van der Waals surface area (Å²) in [4.78, 5) is 0. The molecule has 17 heavy (non-hydrogen) atoms. The smallest absolute Gasteiger partial charge is 0.124 e. The molecule has 0 spiro atoms. The molecule has 3 aromatic rings. The number of halogens is 1. The highest BCUT2D eigenvalue weighted by molar-refractivity contribution is 5.93. The maximum atomic E-state index is 13.3. The highest BCUT2D eigenvalue weighted by atomic mass is 19.1. The maximum absolute atomic E-state index is 13.3. The third-order valence-electron chi connectivity index (χ3n) is 2.86. The van der Waals surface area contributed by atoms with Crippen LogP contribution < -0.4 is 0 Å². The molecule has 0 unspecified atom stereocenters. The van der Waals surface area contributed by atoms with Crippen LogP contribution in [-0.4, -0.2) is 9.78 Å². The molecule has 0 aliphatic rings. The zero-order valence-corrected chi connectivity index (χ0v) is 9.39.